The average molecular weight is 393 g/mol. The highest BCUT2D eigenvalue weighted by Crippen LogP contribution is 2.30. The number of ether oxygens (including phenoxy) is 1. The van der Waals surface area contributed by atoms with Gasteiger partial charge in [-0.05, 0) is 67.5 Å². The number of hydrogen-bond acceptors (Lipinski definition) is 2. The standard InChI is InChI=1S/C22H23F4NO/c1-3-17(14-27-15-18-6-10-20(23)11-7-18)5-4-16(2)28-21-12-8-19(9-13-21)22(24,25)26/h3-13,16,27H,14-15H2,1-2H3/b5-4-,17-3+. The summed E-state index contributed by atoms with van der Waals surface area (Å²) in [5.74, 6) is 0.115. The van der Waals surface area contributed by atoms with Gasteiger partial charge in [0.25, 0.3) is 0 Å². The number of nitrogens with one attached hydrogen (secondary N) is 1. The highest BCUT2D eigenvalue weighted by atomic mass is 19.4. The largest absolute Gasteiger partial charge is 0.487 e. The van der Waals surface area contributed by atoms with E-state index in [9.17, 15) is 17.6 Å². The van der Waals surface area contributed by atoms with Gasteiger partial charge < -0.3 is 10.1 Å². The van der Waals surface area contributed by atoms with Crippen LogP contribution in [-0.2, 0) is 12.7 Å². The molecule has 6 heteroatoms. The molecule has 2 rings (SSSR count). The minimum atomic E-state index is -4.36. The van der Waals surface area contributed by atoms with Crippen LogP contribution in [0.25, 0.3) is 0 Å². The summed E-state index contributed by atoms with van der Waals surface area (Å²) in [6, 6.07) is 10.9. The lowest BCUT2D eigenvalue weighted by Gasteiger charge is -2.13. The zero-order chi connectivity index (χ0) is 20.6. The van der Waals surface area contributed by atoms with Crippen LogP contribution in [0.3, 0.4) is 0 Å². The first-order valence-electron chi connectivity index (χ1n) is 8.90. The Kier molecular flexibility index (Phi) is 7.81. The van der Waals surface area contributed by atoms with E-state index >= 15 is 0 Å². The summed E-state index contributed by atoms with van der Waals surface area (Å²) >= 11 is 0. The van der Waals surface area contributed by atoms with Crippen molar-refractivity contribution in [1.29, 1.82) is 0 Å². The maximum Gasteiger partial charge on any atom is 0.416 e. The molecule has 0 aliphatic rings. The maximum atomic E-state index is 12.9. The van der Waals surface area contributed by atoms with Gasteiger partial charge in [0.05, 0.1) is 5.56 Å². The molecule has 1 atom stereocenters. The van der Waals surface area contributed by atoms with Gasteiger partial charge in [-0.15, -0.1) is 0 Å². The van der Waals surface area contributed by atoms with E-state index in [1.807, 2.05) is 32.1 Å². The Morgan fingerprint density at radius 1 is 1.07 bits per heavy atom. The monoisotopic (exact) mass is 393 g/mol. The van der Waals surface area contributed by atoms with Gasteiger partial charge in [-0.2, -0.15) is 13.2 Å². The second-order valence-corrected chi connectivity index (χ2v) is 6.30. The number of benzene rings is 2. The van der Waals surface area contributed by atoms with Crippen LogP contribution >= 0.6 is 0 Å². The quantitative estimate of drug-likeness (QED) is 0.445. The Balaban J connectivity index is 1.82. The first-order valence-corrected chi connectivity index (χ1v) is 8.90. The molecule has 150 valence electrons. The van der Waals surface area contributed by atoms with Crippen molar-refractivity contribution in [2.45, 2.75) is 32.7 Å². The third-order valence-electron chi connectivity index (χ3n) is 4.03. The summed E-state index contributed by atoms with van der Waals surface area (Å²) in [4.78, 5) is 0. The number of halogens is 4. The molecule has 2 aromatic carbocycles. The molecule has 0 aliphatic heterocycles. The SMILES string of the molecule is C/C=C(\C=C/C(C)Oc1ccc(C(F)(F)F)cc1)CNCc1ccc(F)cc1. The Hall–Kier alpha value is -2.60. The molecule has 0 amide bonds. The lowest BCUT2D eigenvalue weighted by atomic mass is 10.2. The third kappa shape index (κ3) is 7.19. The van der Waals surface area contributed by atoms with Gasteiger partial charge in [-0.1, -0.05) is 24.3 Å². The fraction of sp³-hybridized carbons (Fsp3) is 0.273. The second-order valence-electron chi connectivity index (χ2n) is 6.30. The Morgan fingerprint density at radius 3 is 2.29 bits per heavy atom. The predicted molar refractivity (Wildman–Crippen MR) is 103 cm³/mol. The first-order chi connectivity index (χ1) is 13.3. The van der Waals surface area contributed by atoms with E-state index in [4.69, 9.17) is 4.74 Å². The zero-order valence-electron chi connectivity index (χ0n) is 15.8. The molecule has 0 spiro atoms. The van der Waals surface area contributed by atoms with Gasteiger partial charge >= 0.3 is 6.18 Å². The molecule has 0 fully saturated rings. The molecule has 0 aromatic heterocycles. The summed E-state index contributed by atoms with van der Waals surface area (Å²) < 4.78 is 56.3. The highest BCUT2D eigenvalue weighted by molar-refractivity contribution is 5.29. The highest BCUT2D eigenvalue weighted by Gasteiger charge is 2.30. The topological polar surface area (TPSA) is 21.3 Å². The van der Waals surface area contributed by atoms with E-state index in [2.05, 4.69) is 5.32 Å². The summed E-state index contributed by atoms with van der Waals surface area (Å²) in [5, 5.41) is 3.28. The molecule has 0 radical (unpaired) electrons. The third-order valence-corrected chi connectivity index (χ3v) is 4.03. The molecule has 0 aliphatic carbocycles. The van der Waals surface area contributed by atoms with Gasteiger partial charge in [0.15, 0.2) is 0 Å². The predicted octanol–water partition coefficient (Wildman–Crippen LogP) is 5.90. The smallest absolute Gasteiger partial charge is 0.416 e. The molecule has 28 heavy (non-hydrogen) atoms. The van der Waals surface area contributed by atoms with Crippen LogP contribution in [0.1, 0.15) is 25.0 Å². The lowest BCUT2D eigenvalue weighted by Crippen LogP contribution is -2.16. The van der Waals surface area contributed by atoms with Crippen LogP contribution in [0.5, 0.6) is 5.75 Å². The Labute approximate surface area is 162 Å². The molecule has 1 unspecified atom stereocenters. The van der Waals surface area contributed by atoms with E-state index in [0.29, 0.717) is 18.8 Å². The number of rotatable bonds is 8. The van der Waals surface area contributed by atoms with E-state index in [1.54, 1.807) is 12.1 Å². The van der Waals surface area contributed by atoms with Crippen molar-refractivity contribution in [3.8, 4) is 5.75 Å². The maximum absolute atomic E-state index is 12.9. The van der Waals surface area contributed by atoms with Crippen molar-refractivity contribution < 1.29 is 22.3 Å². The van der Waals surface area contributed by atoms with Crippen LogP contribution in [-0.4, -0.2) is 12.6 Å². The van der Waals surface area contributed by atoms with Crippen LogP contribution in [0.15, 0.2) is 72.3 Å². The molecule has 0 bridgehead atoms. The van der Waals surface area contributed by atoms with E-state index in [1.165, 1.54) is 24.3 Å². The summed E-state index contributed by atoms with van der Waals surface area (Å²) in [7, 11) is 0. The van der Waals surface area contributed by atoms with Crippen molar-refractivity contribution in [2.24, 2.45) is 0 Å². The fourth-order valence-electron chi connectivity index (χ4n) is 2.45. The molecule has 1 N–H and O–H groups in total. The van der Waals surface area contributed by atoms with Crippen molar-refractivity contribution in [1.82, 2.24) is 5.32 Å². The van der Waals surface area contributed by atoms with E-state index in [0.717, 1.165) is 23.3 Å². The fourth-order valence-corrected chi connectivity index (χ4v) is 2.45. The summed E-state index contributed by atoms with van der Waals surface area (Å²) in [6.07, 6.45) is 1.05. The minimum Gasteiger partial charge on any atom is -0.487 e. The van der Waals surface area contributed by atoms with Gasteiger partial charge in [-0.25, -0.2) is 4.39 Å². The minimum absolute atomic E-state index is 0.261. The van der Waals surface area contributed by atoms with Gasteiger partial charge in [0.2, 0.25) is 0 Å². The average Bonchev–Trinajstić information content (AvgIpc) is 2.65. The number of alkyl halides is 3. The normalized spacial score (nSPS) is 13.7. The van der Waals surface area contributed by atoms with Crippen molar-refractivity contribution in [3.05, 3.63) is 89.3 Å². The second kappa shape index (κ2) is 10.1. The molecular weight excluding hydrogens is 370 g/mol. The molecular formula is C22H23F4NO. The van der Waals surface area contributed by atoms with Gasteiger partial charge in [-0.3, -0.25) is 0 Å². The number of hydrogen-bond donors (Lipinski definition) is 1. The molecule has 0 saturated carbocycles. The van der Waals surface area contributed by atoms with Crippen molar-refractivity contribution >= 4 is 0 Å². The van der Waals surface area contributed by atoms with Crippen molar-refractivity contribution in [3.63, 3.8) is 0 Å². The molecule has 0 heterocycles. The van der Waals surface area contributed by atoms with E-state index in [-0.39, 0.29) is 11.9 Å². The van der Waals surface area contributed by atoms with Crippen LogP contribution in [0.2, 0.25) is 0 Å². The zero-order valence-corrected chi connectivity index (χ0v) is 15.8. The lowest BCUT2D eigenvalue weighted by molar-refractivity contribution is -0.137. The molecule has 0 saturated heterocycles. The van der Waals surface area contributed by atoms with Crippen LogP contribution in [0.4, 0.5) is 17.6 Å². The van der Waals surface area contributed by atoms with Gasteiger partial charge in [0.1, 0.15) is 17.7 Å². The summed E-state index contributed by atoms with van der Waals surface area (Å²) in [6.45, 7) is 4.97. The first kappa shape index (κ1) is 21.7. The molecule has 2 aromatic rings. The Bertz CT molecular complexity index is 793. The van der Waals surface area contributed by atoms with Crippen LogP contribution < -0.4 is 10.1 Å². The summed E-state index contributed by atoms with van der Waals surface area (Å²) in [5.41, 5.74) is 1.32. The van der Waals surface area contributed by atoms with Crippen molar-refractivity contribution in [2.75, 3.05) is 6.54 Å². The molecule has 2 nitrogen and oxygen atoms in total. The van der Waals surface area contributed by atoms with Gasteiger partial charge in [0, 0.05) is 13.1 Å². The van der Waals surface area contributed by atoms with Crippen LogP contribution in [0, 0.1) is 5.82 Å². The van der Waals surface area contributed by atoms with E-state index < -0.39 is 11.7 Å². The number of allylic oxidation sites excluding steroid dienone is 1. The Morgan fingerprint density at radius 2 is 1.71 bits per heavy atom.